The highest BCUT2D eigenvalue weighted by molar-refractivity contribution is 9.10. The van der Waals surface area contributed by atoms with Crippen LogP contribution in [0.5, 0.6) is 0 Å². The van der Waals surface area contributed by atoms with E-state index in [-0.39, 0.29) is 6.03 Å². The molecule has 0 saturated carbocycles. The van der Waals surface area contributed by atoms with E-state index >= 15 is 0 Å². The van der Waals surface area contributed by atoms with Crippen LogP contribution in [0, 0.1) is 0 Å². The zero-order chi connectivity index (χ0) is 16.7. The minimum atomic E-state index is -0.408. The first-order valence-electron chi connectivity index (χ1n) is 7.07. The van der Waals surface area contributed by atoms with Crippen LogP contribution >= 0.6 is 15.9 Å². The summed E-state index contributed by atoms with van der Waals surface area (Å²) in [5.74, 6) is -0.408. The molecule has 0 bridgehead atoms. The Morgan fingerprint density at radius 1 is 1.09 bits per heavy atom. The van der Waals surface area contributed by atoms with Crippen molar-refractivity contribution in [1.29, 1.82) is 0 Å². The van der Waals surface area contributed by atoms with Gasteiger partial charge in [0.15, 0.2) is 0 Å². The van der Waals surface area contributed by atoms with Gasteiger partial charge in [-0.3, -0.25) is 0 Å². The fraction of sp³-hybridized carbons (Fsp3) is 0.176. The maximum atomic E-state index is 11.8. The molecule has 5 nitrogen and oxygen atoms in total. The highest BCUT2D eigenvalue weighted by Gasteiger charge is 2.06. The number of anilines is 1. The van der Waals surface area contributed by atoms with Crippen molar-refractivity contribution in [2.75, 3.05) is 19.0 Å². The lowest BCUT2D eigenvalue weighted by Gasteiger charge is -2.09. The maximum absolute atomic E-state index is 11.8. The second-order valence-corrected chi connectivity index (χ2v) is 5.65. The standard InChI is InChI=1S/C17H17BrN2O3/c1-23-16(21)13-6-8-14(9-7-13)20-17(22)19-11-10-12-4-2-3-5-15(12)18/h2-9H,10-11H2,1H3,(H2,19,20,22). The molecule has 2 aromatic rings. The predicted molar refractivity (Wildman–Crippen MR) is 92.6 cm³/mol. The number of urea groups is 1. The van der Waals surface area contributed by atoms with Gasteiger partial charge in [-0.25, -0.2) is 9.59 Å². The molecule has 6 heteroatoms. The first-order valence-corrected chi connectivity index (χ1v) is 7.86. The molecule has 120 valence electrons. The molecule has 0 heterocycles. The number of hydrogen-bond acceptors (Lipinski definition) is 3. The van der Waals surface area contributed by atoms with E-state index in [1.807, 2.05) is 24.3 Å². The Balaban J connectivity index is 1.81. The number of nitrogens with one attached hydrogen (secondary N) is 2. The topological polar surface area (TPSA) is 67.4 Å². The summed E-state index contributed by atoms with van der Waals surface area (Å²) < 4.78 is 5.65. The molecule has 0 aliphatic carbocycles. The van der Waals surface area contributed by atoms with E-state index in [1.165, 1.54) is 7.11 Å². The van der Waals surface area contributed by atoms with E-state index in [0.29, 0.717) is 17.8 Å². The summed E-state index contributed by atoms with van der Waals surface area (Å²) in [5, 5.41) is 5.51. The van der Waals surface area contributed by atoms with Gasteiger partial charge in [-0.2, -0.15) is 0 Å². The Labute approximate surface area is 143 Å². The molecular formula is C17H17BrN2O3. The Hall–Kier alpha value is -2.34. The summed E-state index contributed by atoms with van der Waals surface area (Å²) in [5.41, 5.74) is 2.18. The number of esters is 1. The van der Waals surface area contributed by atoms with Crippen molar-refractivity contribution in [3.63, 3.8) is 0 Å². The largest absolute Gasteiger partial charge is 0.465 e. The van der Waals surface area contributed by atoms with Crippen molar-refractivity contribution in [1.82, 2.24) is 5.32 Å². The first-order chi connectivity index (χ1) is 11.1. The highest BCUT2D eigenvalue weighted by atomic mass is 79.9. The molecule has 0 spiro atoms. The second-order valence-electron chi connectivity index (χ2n) is 4.79. The van der Waals surface area contributed by atoms with Crippen LogP contribution in [-0.4, -0.2) is 25.7 Å². The lowest BCUT2D eigenvalue weighted by atomic mass is 10.1. The van der Waals surface area contributed by atoms with Gasteiger partial charge in [-0.05, 0) is 42.3 Å². The van der Waals surface area contributed by atoms with Crippen molar-refractivity contribution >= 4 is 33.6 Å². The summed E-state index contributed by atoms with van der Waals surface area (Å²) in [6.45, 7) is 0.523. The van der Waals surface area contributed by atoms with Crippen LogP contribution in [-0.2, 0) is 11.2 Å². The minimum absolute atomic E-state index is 0.289. The van der Waals surface area contributed by atoms with E-state index in [9.17, 15) is 9.59 Å². The zero-order valence-corrected chi connectivity index (χ0v) is 14.2. The molecule has 2 rings (SSSR count). The van der Waals surface area contributed by atoms with Gasteiger partial charge < -0.3 is 15.4 Å². The van der Waals surface area contributed by atoms with Crippen molar-refractivity contribution < 1.29 is 14.3 Å². The predicted octanol–water partition coefficient (Wildman–Crippen LogP) is 3.60. The van der Waals surface area contributed by atoms with Crippen molar-refractivity contribution in [3.8, 4) is 0 Å². The molecule has 2 aromatic carbocycles. The molecule has 0 aliphatic heterocycles. The Kier molecular flexibility index (Phi) is 6.17. The highest BCUT2D eigenvalue weighted by Crippen LogP contribution is 2.15. The lowest BCUT2D eigenvalue weighted by molar-refractivity contribution is 0.0601. The Morgan fingerprint density at radius 3 is 2.43 bits per heavy atom. The van der Waals surface area contributed by atoms with E-state index < -0.39 is 5.97 Å². The van der Waals surface area contributed by atoms with Crippen molar-refractivity contribution in [2.24, 2.45) is 0 Å². The monoisotopic (exact) mass is 376 g/mol. The number of carbonyl (C=O) groups excluding carboxylic acids is 2. The van der Waals surface area contributed by atoms with Gasteiger partial charge in [0.2, 0.25) is 0 Å². The van der Waals surface area contributed by atoms with Gasteiger partial charge in [-0.1, -0.05) is 34.1 Å². The molecule has 2 N–H and O–H groups in total. The molecule has 0 radical (unpaired) electrons. The van der Waals surface area contributed by atoms with Gasteiger partial charge >= 0.3 is 12.0 Å². The molecular weight excluding hydrogens is 360 g/mol. The summed E-state index contributed by atoms with van der Waals surface area (Å²) >= 11 is 3.48. The van der Waals surface area contributed by atoms with Crippen molar-refractivity contribution in [3.05, 3.63) is 64.1 Å². The molecule has 0 fully saturated rings. The molecule has 23 heavy (non-hydrogen) atoms. The normalized spacial score (nSPS) is 10.0. The molecule has 0 aliphatic rings. The number of rotatable bonds is 5. The summed E-state index contributed by atoms with van der Waals surface area (Å²) in [6.07, 6.45) is 0.732. The fourth-order valence-electron chi connectivity index (χ4n) is 1.99. The van der Waals surface area contributed by atoms with Gasteiger partial charge in [0, 0.05) is 16.7 Å². The average molecular weight is 377 g/mol. The quantitative estimate of drug-likeness (QED) is 0.783. The summed E-state index contributed by atoms with van der Waals surface area (Å²) in [6, 6.07) is 14.1. The number of benzene rings is 2. The van der Waals surface area contributed by atoms with Gasteiger partial charge in [0.25, 0.3) is 0 Å². The van der Waals surface area contributed by atoms with E-state index in [2.05, 4.69) is 31.3 Å². The third-order valence-electron chi connectivity index (χ3n) is 3.20. The van der Waals surface area contributed by atoms with Crippen LogP contribution in [0.1, 0.15) is 15.9 Å². The number of methoxy groups -OCH3 is 1. The van der Waals surface area contributed by atoms with Crippen LogP contribution in [0.2, 0.25) is 0 Å². The van der Waals surface area contributed by atoms with Crippen LogP contribution < -0.4 is 10.6 Å². The minimum Gasteiger partial charge on any atom is -0.465 e. The number of hydrogen-bond donors (Lipinski definition) is 2. The Morgan fingerprint density at radius 2 is 1.78 bits per heavy atom. The van der Waals surface area contributed by atoms with E-state index in [1.54, 1.807) is 24.3 Å². The van der Waals surface area contributed by atoms with Gasteiger partial charge in [0.05, 0.1) is 12.7 Å². The van der Waals surface area contributed by atoms with Crippen molar-refractivity contribution in [2.45, 2.75) is 6.42 Å². The van der Waals surface area contributed by atoms with E-state index in [0.717, 1.165) is 16.5 Å². The number of amides is 2. The number of ether oxygens (including phenoxy) is 1. The third kappa shape index (κ3) is 5.10. The Bertz CT molecular complexity index is 686. The summed E-state index contributed by atoms with van der Waals surface area (Å²) in [7, 11) is 1.33. The fourth-order valence-corrected chi connectivity index (χ4v) is 2.48. The van der Waals surface area contributed by atoms with E-state index in [4.69, 9.17) is 0 Å². The SMILES string of the molecule is COC(=O)c1ccc(NC(=O)NCCc2ccccc2Br)cc1. The van der Waals surface area contributed by atoms with Gasteiger partial charge in [-0.15, -0.1) is 0 Å². The molecule has 0 aromatic heterocycles. The number of carbonyl (C=O) groups is 2. The zero-order valence-electron chi connectivity index (χ0n) is 12.6. The van der Waals surface area contributed by atoms with Crippen LogP contribution in [0.4, 0.5) is 10.5 Å². The van der Waals surface area contributed by atoms with Crippen LogP contribution in [0.15, 0.2) is 53.0 Å². The molecule has 2 amide bonds. The molecule has 0 unspecified atom stereocenters. The first kappa shape index (κ1) is 17.0. The smallest absolute Gasteiger partial charge is 0.337 e. The van der Waals surface area contributed by atoms with Crippen LogP contribution in [0.25, 0.3) is 0 Å². The molecule has 0 atom stereocenters. The lowest BCUT2D eigenvalue weighted by Crippen LogP contribution is -2.30. The molecule has 0 saturated heterocycles. The van der Waals surface area contributed by atoms with Crippen LogP contribution in [0.3, 0.4) is 0 Å². The third-order valence-corrected chi connectivity index (χ3v) is 3.98. The number of halogens is 1. The summed E-state index contributed by atoms with van der Waals surface area (Å²) in [4.78, 5) is 23.2. The van der Waals surface area contributed by atoms with Gasteiger partial charge in [0.1, 0.15) is 0 Å². The average Bonchev–Trinajstić information content (AvgIpc) is 2.56. The second kappa shape index (κ2) is 8.33. The maximum Gasteiger partial charge on any atom is 0.337 e.